The Morgan fingerprint density at radius 3 is 2.75 bits per heavy atom. The highest BCUT2D eigenvalue weighted by Gasteiger charge is 2.61. The van der Waals surface area contributed by atoms with Crippen LogP contribution in [-0.2, 0) is 19.1 Å². The van der Waals surface area contributed by atoms with Crippen molar-refractivity contribution in [3.05, 3.63) is 22.8 Å². The lowest BCUT2D eigenvalue weighted by atomic mass is 9.86. The number of fused-ring (bicyclic) bond motifs is 2. The first-order valence-electron chi connectivity index (χ1n) is 6.81. The van der Waals surface area contributed by atoms with Crippen LogP contribution in [-0.4, -0.2) is 34.4 Å². The molecule has 3 rings (SSSR count). The average molecular weight is 278 g/mol. The number of carbonyl (C=O) groups excluding carboxylic acids is 2. The van der Waals surface area contributed by atoms with E-state index in [4.69, 9.17) is 9.47 Å². The molecule has 5 nitrogen and oxygen atoms in total. The second kappa shape index (κ2) is 4.02. The van der Waals surface area contributed by atoms with Crippen LogP contribution >= 0.6 is 0 Å². The van der Waals surface area contributed by atoms with Gasteiger partial charge in [-0.2, -0.15) is 0 Å². The molecule has 108 valence electrons. The predicted octanol–water partition coefficient (Wildman–Crippen LogP) is 1.41. The molecular weight excluding hydrogens is 260 g/mol. The minimum atomic E-state index is -1.84. The van der Waals surface area contributed by atoms with Crippen molar-refractivity contribution in [3.63, 3.8) is 0 Å². The van der Waals surface area contributed by atoms with Crippen LogP contribution in [0, 0.1) is 0 Å². The third-order valence-electron chi connectivity index (χ3n) is 4.35. The Morgan fingerprint density at radius 2 is 2.05 bits per heavy atom. The number of ketones is 1. The van der Waals surface area contributed by atoms with Crippen molar-refractivity contribution >= 4 is 11.8 Å². The number of ether oxygens (including phenoxy) is 2. The molecule has 0 amide bonds. The number of Topliss-reactive ketones (excluding diaryl/α,β-unsaturated/α-hetero) is 1. The van der Waals surface area contributed by atoms with Gasteiger partial charge in [0.1, 0.15) is 11.7 Å². The van der Waals surface area contributed by atoms with Gasteiger partial charge in [-0.1, -0.05) is 11.6 Å². The summed E-state index contributed by atoms with van der Waals surface area (Å²) in [7, 11) is 0. The Hall–Kier alpha value is -1.46. The van der Waals surface area contributed by atoms with Gasteiger partial charge in [-0.15, -0.1) is 0 Å². The average Bonchev–Trinajstić information content (AvgIpc) is 2.93. The quantitative estimate of drug-likeness (QED) is 0.412. The van der Waals surface area contributed by atoms with Gasteiger partial charge in [0, 0.05) is 12.0 Å². The normalized spacial score (nSPS) is 40.8. The maximum atomic E-state index is 12.6. The van der Waals surface area contributed by atoms with E-state index in [0.717, 1.165) is 18.4 Å². The molecule has 2 aliphatic heterocycles. The van der Waals surface area contributed by atoms with Crippen LogP contribution in [0.4, 0.5) is 0 Å². The molecule has 1 aliphatic carbocycles. The topological polar surface area (TPSA) is 76.1 Å². The monoisotopic (exact) mass is 278 g/mol. The molecule has 0 bridgehead atoms. The van der Waals surface area contributed by atoms with E-state index in [2.05, 4.69) is 0 Å². The lowest BCUT2D eigenvalue weighted by Gasteiger charge is -2.25. The summed E-state index contributed by atoms with van der Waals surface area (Å²) in [5, 5.41) is 10.6. The molecule has 3 unspecified atom stereocenters. The number of aliphatic hydroxyl groups is 1. The van der Waals surface area contributed by atoms with Gasteiger partial charge in [0.2, 0.25) is 5.79 Å². The molecule has 1 saturated heterocycles. The van der Waals surface area contributed by atoms with Crippen LogP contribution in [0.2, 0.25) is 0 Å². The molecule has 3 aliphatic rings. The fraction of sp³-hybridized carbons (Fsp3) is 0.600. The third kappa shape index (κ3) is 1.84. The summed E-state index contributed by atoms with van der Waals surface area (Å²) in [6.45, 7) is 5.25. The number of carbonyl (C=O) groups is 2. The number of epoxide rings is 1. The lowest BCUT2D eigenvalue weighted by molar-refractivity contribution is -0.181. The van der Waals surface area contributed by atoms with E-state index in [-0.39, 0.29) is 23.4 Å². The zero-order chi connectivity index (χ0) is 14.7. The van der Waals surface area contributed by atoms with E-state index in [1.165, 1.54) is 6.92 Å². The minimum absolute atomic E-state index is 0.0610. The summed E-state index contributed by atoms with van der Waals surface area (Å²) in [6, 6.07) is 0. The molecule has 20 heavy (non-hydrogen) atoms. The first kappa shape index (κ1) is 13.5. The van der Waals surface area contributed by atoms with Crippen LogP contribution < -0.4 is 0 Å². The van der Waals surface area contributed by atoms with Crippen molar-refractivity contribution in [1.29, 1.82) is 0 Å². The van der Waals surface area contributed by atoms with Gasteiger partial charge in [-0.05, 0) is 33.6 Å². The number of hydrogen-bond acceptors (Lipinski definition) is 5. The Labute approximate surface area is 117 Å². The number of rotatable bonds is 0. The standard InChI is InChI=1S/C15H18O5/c1-8-5-4-6-14(3)12(19-14)11(16)10-9(2)13(17)20-15(10,18)7-8/h5,12,18H,4,6-7H2,1-3H3. The highest BCUT2D eigenvalue weighted by molar-refractivity contribution is 6.11. The zero-order valence-electron chi connectivity index (χ0n) is 11.9. The first-order chi connectivity index (χ1) is 9.27. The maximum Gasteiger partial charge on any atom is 0.337 e. The van der Waals surface area contributed by atoms with Crippen molar-refractivity contribution < 1.29 is 24.2 Å². The fourth-order valence-electron chi connectivity index (χ4n) is 3.12. The fourth-order valence-corrected chi connectivity index (χ4v) is 3.12. The molecule has 3 atom stereocenters. The summed E-state index contributed by atoms with van der Waals surface area (Å²) in [5.41, 5.74) is 0.642. The third-order valence-corrected chi connectivity index (χ3v) is 4.35. The predicted molar refractivity (Wildman–Crippen MR) is 69.6 cm³/mol. The molecule has 0 saturated carbocycles. The van der Waals surface area contributed by atoms with Gasteiger partial charge in [0.25, 0.3) is 0 Å². The largest absolute Gasteiger partial charge is 0.425 e. The van der Waals surface area contributed by atoms with E-state index in [9.17, 15) is 14.7 Å². The van der Waals surface area contributed by atoms with Gasteiger partial charge in [-0.3, -0.25) is 4.79 Å². The molecule has 0 aromatic carbocycles. The Bertz CT molecular complexity index is 573. The summed E-state index contributed by atoms with van der Waals surface area (Å²) < 4.78 is 10.6. The SMILES string of the molecule is CC1=CCCC2(C)OC2C(=O)C2=C(C)C(=O)OC2(O)C1. The maximum absolute atomic E-state index is 12.6. The first-order valence-corrected chi connectivity index (χ1v) is 6.81. The molecule has 5 heteroatoms. The molecule has 0 aromatic rings. The molecule has 0 radical (unpaired) electrons. The molecule has 1 fully saturated rings. The van der Waals surface area contributed by atoms with E-state index in [1.807, 2.05) is 19.9 Å². The van der Waals surface area contributed by atoms with E-state index in [0.29, 0.717) is 0 Å². The Kier molecular flexibility index (Phi) is 2.72. The molecular formula is C15H18O5. The van der Waals surface area contributed by atoms with Crippen LogP contribution in [0.15, 0.2) is 22.8 Å². The Morgan fingerprint density at radius 1 is 1.35 bits per heavy atom. The minimum Gasteiger partial charge on any atom is -0.425 e. The van der Waals surface area contributed by atoms with Crippen molar-refractivity contribution in [1.82, 2.24) is 0 Å². The van der Waals surface area contributed by atoms with E-state index >= 15 is 0 Å². The van der Waals surface area contributed by atoms with Gasteiger partial charge in [0.05, 0.1) is 5.57 Å². The van der Waals surface area contributed by atoms with Gasteiger partial charge >= 0.3 is 5.97 Å². The highest BCUT2D eigenvalue weighted by Crippen LogP contribution is 2.47. The van der Waals surface area contributed by atoms with Crippen molar-refractivity contribution in [3.8, 4) is 0 Å². The van der Waals surface area contributed by atoms with Crippen molar-refractivity contribution in [2.75, 3.05) is 0 Å². The van der Waals surface area contributed by atoms with Crippen LogP contribution in [0.5, 0.6) is 0 Å². The van der Waals surface area contributed by atoms with Crippen molar-refractivity contribution in [2.24, 2.45) is 0 Å². The summed E-state index contributed by atoms with van der Waals surface area (Å²) in [6.07, 6.45) is 3.06. The molecule has 2 heterocycles. The second-order valence-electron chi connectivity index (χ2n) is 6.11. The van der Waals surface area contributed by atoms with Gasteiger partial charge in [0.15, 0.2) is 5.78 Å². The number of allylic oxidation sites excluding steroid dienone is 1. The summed E-state index contributed by atoms with van der Waals surface area (Å²) in [5.74, 6) is -2.80. The smallest absolute Gasteiger partial charge is 0.337 e. The Balaban J connectivity index is 2.08. The highest BCUT2D eigenvalue weighted by atomic mass is 16.7. The summed E-state index contributed by atoms with van der Waals surface area (Å²) >= 11 is 0. The van der Waals surface area contributed by atoms with Crippen LogP contribution in [0.3, 0.4) is 0 Å². The van der Waals surface area contributed by atoms with E-state index < -0.39 is 23.5 Å². The molecule has 0 aromatic heterocycles. The van der Waals surface area contributed by atoms with E-state index in [1.54, 1.807) is 0 Å². The second-order valence-corrected chi connectivity index (χ2v) is 6.11. The zero-order valence-corrected chi connectivity index (χ0v) is 11.9. The molecule has 0 spiro atoms. The number of hydrogen-bond donors (Lipinski definition) is 1. The lowest BCUT2D eigenvalue weighted by Crippen LogP contribution is -2.38. The van der Waals surface area contributed by atoms with Crippen LogP contribution in [0.25, 0.3) is 0 Å². The van der Waals surface area contributed by atoms with Crippen molar-refractivity contribution in [2.45, 2.75) is 57.5 Å². The van der Waals surface area contributed by atoms with Gasteiger partial charge < -0.3 is 14.6 Å². The molecule has 1 N–H and O–H groups in total. The van der Waals surface area contributed by atoms with Crippen LogP contribution in [0.1, 0.15) is 40.0 Å². The number of esters is 1. The summed E-state index contributed by atoms with van der Waals surface area (Å²) in [4.78, 5) is 24.3. The van der Waals surface area contributed by atoms with Gasteiger partial charge in [-0.25, -0.2) is 4.79 Å².